The topological polar surface area (TPSA) is 0 Å². The molecule has 0 fully saturated rings. The molecule has 0 N–H and O–H groups in total. The van der Waals surface area contributed by atoms with Gasteiger partial charge < -0.3 is 0 Å². The first-order valence-electron chi connectivity index (χ1n) is 8.91. The maximum Gasteiger partial charge on any atom is 0.200 e. The molecule has 0 bridgehead atoms. The lowest BCUT2D eigenvalue weighted by atomic mass is 9.19. The normalized spacial score (nSPS) is 12.1. The summed E-state index contributed by atoms with van der Waals surface area (Å²) in [5.74, 6) is -24.1. The van der Waals surface area contributed by atoms with Gasteiger partial charge in [-0.2, -0.15) is 6.82 Å². The monoisotopic (exact) mass is 463 g/mol. The van der Waals surface area contributed by atoms with Crippen molar-refractivity contribution < 1.29 is 43.9 Å². The molecule has 11 heteroatoms. The Morgan fingerprint density at radius 3 is 1.16 bits per heavy atom. The smallest absolute Gasteiger partial charge is 0.200 e. The van der Waals surface area contributed by atoms with Crippen molar-refractivity contribution in [3.05, 3.63) is 100 Å². The van der Waals surface area contributed by atoms with Gasteiger partial charge >= 0.3 is 0 Å². The Balaban J connectivity index is 2.48. The van der Waals surface area contributed by atoms with Crippen LogP contribution in [0.3, 0.4) is 0 Å². The quantitative estimate of drug-likeness (QED) is 0.207. The number of rotatable bonds is 4. The van der Waals surface area contributed by atoms with Crippen molar-refractivity contribution in [3.8, 4) is 0 Å². The average Bonchev–Trinajstić information content (AvgIpc) is 2.78. The Morgan fingerprint density at radius 2 is 0.812 bits per heavy atom. The minimum Gasteiger partial charge on any atom is -0.235 e. The maximum absolute atomic E-state index is 14.6. The highest BCUT2D eigenvalue weighted by Crippen LogP contribution is 2.25. The zero-order valence-electron chi connectivity index (χ0n) is 15.9. The van der Waals surface area contributed by atoms with Crippen LogP contribution in [0.4, 0.5) is 43.9 Å². The zero-order valence-corrected chi connectivity index (χ0v) is 15.9. The second-order valence-electron chi connectivity index (χ2n) is 7.13. The lowest BCUT2D eigenvalue weighted by Gasteiger charge is -2.36. The summed E-state index contributed by atoms with van der Waals surface area (Å²) in [6.45, 7) is 0.621. The molecule has 0 amide bonds. The van der Waals surface area contributed by atoms with Crippen LogP contribution >= 0.6 is 0 Å². The first kappa shape index (κ1) is 23.4. The second kappa shape index (κ2) is 8.36. The largest absolute Gasteiger partial charge is 0.235 e. The highest BCUT2D eigenvalue weighted by molar-refractivity contribution is 7.05. The lowest BCUT2D eigenvalue weighted by molar-refractivity contribution is 0.381. The Kier molecular flexibility index (Phi) is 6.12. The fraction of sp³-hybridized carbons (Fsp3) is 0.0476. The molecule has 0 spiro atoms. The van der Waals surface area contributed by atoms with E-state index in [2.05, 4.69) is 0 Å². The number of hydrogen-bond donors (Lipinski definition) is 0. The highest BCUT2D eigenvalue weighted by Gasteiger charge is 2.38. The van der Waals surface area contributed by atoms with Crippen LogP contribution in [-0.4, -0.2) is 6.15 Å². The first-order valence-corrected chi connectivity index (χ1v) is 8.91. The maximum atomic E-state index is 14.6. The molecule has 0 unspecified atom stereocenters. The summed E-state index contributed by atoms with van der Waals surface area (Å²) in [4.78, 5) is 0. The third kappa shape index (κ3) is 3.55. The van der Waals surface area contributed by atoms with Gasteiger partial charge in [-0.1, -0.05) is 36.4 Å². The molecule has 0 aromatic heterocycles. The van der Waals surface area contributed by atoms with E-state index in [1.54, 1.807) is 6.07 Å². The Morgan fingerprint density at radius 1 is 0.500 bits per heavy atom. The van der Waals surface area contributed by atoms with Crippen LogP contribution in [-0.2, 0) is 0 Å². The van der Waals surface area contributed by atoms with Crippen molar-refractivity contribution in [2.24, 2.45) is 0 Å². The Bertz CT molecular complexity index is 1110. The van der Waals surface area contributed by atoms with Gasteiger partial charge in [0.2, 0.25) is 0 Å². The van der Waals surface area contributed by atoms with Crippen molar-refractivity contribution in [1.82, 2.24) is 0 Å². The average molecular weight is 463 g/mol. The summed E-state index contributed by atoms with van der Waals surface area (Å²) in [5.41, 5.74) is -3.23. The summed E-state index contributed by atoms with van der Waals surface area (Å²) in [5, 5.41) is 0. The van der Waals surface area contributed by atoms with Gasteiger partial charge in [0.25, 0.3) is 0 Å². The predicted octanol–water partition coefficient (Wildman–Crippen LogP) is 5.52. The van der Waals surface area contributed by atoms with E-state index in [1.807, 2.05) is 0 Å². The van der Waals surface area contributed by atoms with Gasteiger partial charge in [0.05, 0.1) is 6.15 Å². The first-order chi connectivity index (χ1) is 14.9. The van der Waals surface area contributed by atoms with Crippen molar-refractivity contribution in [2.45, 2.75) is 6.82 Å². The molecule has 3 aromatic carbocycles. The summed E-state index contributed by atoms with van der Waals surface area (Å²) < 4.78 is 141. The molecule has 0 atom stereocenters. The Hall–Kier alpha value is -3.24. The number of benzene rings is 3. The van der Waals surface area contributed by atoms with Crippen LogP contribution in [0, 0.1) is 58.2 Å². The molecule has 0 radical (unpaired) electrons. The van der Waals surface area contributed by atoms with Crippen LogP contribution in [0.25, 0.3) is 6.08 Å². The molecule has 0 aliphatic heterocycles. The molecule has 3 aromatic rings. The van der Waals surface area contributed by atoms with Crippen LogP contribution in [0.15, 0.2) is 36.3 Å². The van der Waals surface area contributed by atoms with Crippen LogP contribution in [0.5, 0.6) is 0 Å². The van der Waals surface area contributed by atoms with Gasteiger partial charge in [-0.3, -0.25) is 0 Å². The molecule has 32 heavy (non-hydrogen) atoms. The summed E-state index contributed by atoms with van der Waals surface area (Å²) >= 11 is 0. The number of halogens is 10. The van der Waals surface area contributed by atoms with E-state index in [-0.39, 0.29) is 5.56 Å². The summed E-state index contributed by atoms with van der Waals surface area (Å²) in [6.07, 6.45) is -2.92. The standard InChI is InChI=1S/C21H10BF10/c1-22(8-7-9-5-3-2-4-6-9,10-12(23)16(27)20(31)17(28)13(10)24)11-14(25)18(29)21(32)19(30)15(11)26/h2-8H,1H3/q-1/b8-7+. The molecule has 0 saturated heterocycles. The lowest BCUT2D eigenvalue weighted by Crippen LogP contribution is -2.60. The molecule has 0 aliphatic rings. The highest BCUT2D eigenvalue weighted by atomic mass is 19.2. The van der Waals surface area contributed by atoms with Gasteiger partial charge in [-0.25, -0.2) is 49.9 Å². The Labute approximate surface area is 174 Å². The summed E-state index contributed by atoms with van der Waals surface area (Å²) in [6, 6.07) is 7.35. The van der Waals surface area contributed by atoms with Gasteiger partial charge in [0.15, 0.2) is 34.9 Å². The van der Waals surface area contributed by atoms with Crippen molar-refractivity contribution >= 4 is 23.1 Å². The van der Waals surface area contributed by atoms with E-state index in [0.717, 1.165) is 6.08 Å². The zero-order chi connectivity index (χ0) is 24.0. The van der Waals surface area contributed by atoms with E-state index >= 15 is 0 Å². The van der Waals surface area contributed by atoms with Crippen LogP contribution in [0.1, 0.15) is 5.56 Å². The third-order valence-corrected chi connectivity index (χ3v) is 5.16. The van der Waals surface area contributed by atoms with E-state index in [0.29, 0.717) is 12.8 Å². The van der Waals surface area contributed by atoms with Crippen LogP contribution in [0.2, 0.25) is 6.82 Å². The molecular formula is C21H10BF10-. The van der Waals surface area contributed by atoms with E-state index in [1.165, 1.54) is 24.3 Å². The minimum absolute atomic E-state index is 0.244. The van der Waals surface area contributed by atoms with E-state index < -0.39 is 75.2 Å². The minimum atomic E-state index is -3.92. The van der Waals surface area contributed by atoms with Gasteiger partial charge in [-0.15, -0.1) is 10.9 Å². The van der Waals surface area contributed by atoms with E-state index in [9.17, 15) is 43.9 Å². The molecule has 0 nitrogen and oxygen atoms in total. The fourth-order valence-corrected chi connectivity index (χ4v) is 3.50. The summed E-state index contributed by atoms with van der Waals surface area (Å²) in [7, 11) is 0. The molecular weight excluding hydrogens is 453 g/mol. The van der Waals surface area contributed by atoms with Crippen LogP contribution < -0.4 is 10.9 Å². The molecule has 0 saturated carbocycles. The van der Waals surface area contributed by atoms with Gasteiger partial charge in [-0.05, 0) is 5.56 Å². The van der Waals surface area contributed by atoms with Gasteiger partial charge in [0.1, 0.15) is 23.3 Å². The van der Waals surface area contributed by atoms with Gasteiger partial charge in [0, 0.05) is 0 Å². The SMILES string of the molecule is C[B-](/C=C/c1ccccc1)(c1c(F)c(F)c(F)c(F)c1F)c1c(F)c(F)c(F)c(F)c1F. The fourth-order valence-electron chi connectivity index (χ4n) is 3.50. The molecule has 0 heterocycles. The molecule has 0 aliphatic carbocycles. The number of hydrogen-bond acceptors (Lipinski definition) is 0. The van der Waals surface area contributed by atoms with E-state index in [4.69, 9.17) is 0 Å². The second-order valence-corrected chi connectivity index (χ2v) is 7.13. The van der Waals surface area contributed by atoms with Crippen molar-refractivity contribution in [3.63, 3.8) is 0 Å². The van der Waals surface area contributed by atoms with Crippen molar-refractivity contribution in [2.75, 3.05) is 0 Å². The molecule has 3 rings (SSSR count). The van der Waals surface area contributed by atoms with Crippen molar-refractivity contribution in [1.29, 1.82) is 0 Å². The predicted molar refractivity (Wildman–Crippen MR) is 98.8 cm³/mol. The third-order valence-electron chi connectivity index (χ3n) is 5.16. The molecule has 168 valence electrons.